The largest absolute Gasteiger partial charge is 0.376 e. The Morgan fingerprint density at radius 1 is 0.379 bits per heavy atom. The third-order valence-corrected chi connectivity index (χ3v) is 16.2. The van der Waals surface area contributed by atoms with Crippen molar-refractivity contribution in [1.29, 1.82) is 0 Å². The second-order valence-corrected chi connectivity index (χ2v) is 20.8. The van der Waals surface area contributed by atoms with E-state index in [1.54, 1.807) is 45.3 Å². The van der Waals surface area contributed by atoms with Crippen LogP contribution in [0.2, 0.25) is 0 Å². The molecule has 0 radical (unpaired) electrons. The van der Waals surface area contributed by atoms with Crippen LogP contribution in [0.3, 0.4) is 0 Å². The number of benzene rings is 4. The number of thiophene rings is 4. The molecular weight excluding hydrogens is 785 g/mol. The summed E-state index contributed by atoms with van der Waals surface area (Å²) in [5, 5.41) is 30.4. The summed E-state index contributed by atoms with van der Waals surface area (Å²) in [5.74, 6) is 1.61. The molecule has 0 amide bonds. The Labute approximate surface area is 360 Å². The summed E-state index contributed by atoms with van der Waals surface area (Å²) in [4.78, 5) is 4.46. The second-order valence-electron chi connectivity index (χ2n) is 16.8. The molecule has 0 aliphatic heterocycles. The Morgan fingerprint density at radius 3 is 0.879 bits per heavy atom. The van der Waals surface area contributed by atoms with Crippen molar-refractivity contribution in [3.8, 4) is 19.5 Å². The minimum Gasteiger partial charge on any atom is -0.376 e. The van der Waals surface area contributed by atoms with Crippen LogP contribution in [0.5, 0.6) is 0 Å². The highest BCUT2D eigenvalue weighted by atomic mass is 32.1. The fourth-order valence-corrected chi connectivity index (χ4v) is 12.6. The van der Waals surface area contributed by atoms with Gasteiger partial charge in [0.1, 0.15) is 11.2 Å². The standard InChI is InChI=1S/C52H52O2S4/c1-31(2)35-9-17-39(18-10-35)51(53,40-19-11-36(12-20-40)32(3)4)43-25-27-55-49(43)47-29-45-46(57-47)30-48(58-45)50-44(26-28-56-50)52(54,41-21-13-37(14-22-41)33(5)6)42-23-15-38(16-24-42)34(7)8/h9-34,53-54H,1-8H3. The zero-order chi connectivity index (χ0) is 40.9. The van der Waals surface area contributed by atoms with Crippen LogP contribution >= 0.6 is 45.3 Å². The van der Waals surface area contributed by atoms with E-state index in [9.17, 15) is 10.2 Å². The molecule has 0 saturated carbocycles. The molecule has 0 fully saturated rings. The van der Waals surface area contributed by atoms with Crippen LogP contribution in [0.4, 0.5) is 0 Å². The van der Waals surface area contributed by atoms with Gasteiger partial charge in [0.15, 0.2) is 0 Å². The molecule has 4 aromatic carbocycles. The van der Waals surface area contributed by atoms with Gasteiger partial charge >= 0.3 is 0 Å². The fourth-order valence-electron chi connectivity index (χ4n) is 8.02. The van der Waals surface area contributed by atoms with Crippen molar-refractivity contribution in [1.82, 2.24) is 0 Å². The summed E-state index contributed by atoms with van der Waals surface area (Å²) in [6.07, 6.45) is 0. The average molecular weight is 837 g/mol. The summed E-state index contributed by atoms with van der Waals surface area (Å²) in [5.41, 5.74) is 7.60. The molecule has 0 bridgehead atoms. The Balaban J connectivity index is 1.20. The lowest BCUT2D eigenvalue weighted by molar-refractivity contribution is 0.126. The van der Waals surface area contributed by atoms with E-state index in [1.165, 1.54) is 31.7 Å². The minimum absolute atomic E-state index is 0.403. The maximum atomic E-state index is 13.1. The molecule has 0 aliphatic carbocycles. The van der Waals surface area contributed by atoms with Crippen molar-refractivity contribution in [2.24, 2.45) is 0 Å². The van der Waals surface area contributed by atoms with Crippen LogP contribution in [0.15, 0.2) is 132 Å². The Kier molecular flexibility index (Phi) is 11.3. The van der Waals surface area contributed by atoms with E-state index in [2.05, 4.69) is 187 Å². The molecule has 6 heteroatoms. The molecule has 8 aromatic rings. The first-order valence-corrected chi connectivity index (χ1v) is 23.7. The lowest BCUT2D eigenvalue weighted by atomic mass is 9.79. The number of fused-ring (bicyclic) bond motifs is 1. The predicted octanol–water partition coefficient (Wildman–Crippen LogP) is 15.5. The van der Waals surface area contributed by atoms with Crippen molar-refractivity contribution in [2.45, 2.75) is 90.3 Å². The SMILES string of the molecule is CC(C)c1ccc(C(O)(c2ccc(C(C)C)cc2)c2ccsc2-c2cc3sc(-c4sccc4C(O)(c4ccc(C(C)C)cc4)c4ccc(C(C)C)cc4)cc3s2)cc1. The van der Waals surface area contributed by atoms with E-state index in [-0.39, 0.29) is 0 Å². The van der Waals surface area contributed by atoms with E-state index in [0.717, 1.165) is 52.9 Å². The van der Waals surface area contributed by atoms with E-state index in [0.29, 0.717) is 23.7 Å². The first kappa shape index (κ1) is 40.6. The van der Waals surface area contributed by atoms with Gasteiger partial charge in [-0.1, -0.05) is 152 Å². The van der Waals surface area contributed by atoms with E-state index in [1.807, 2.05) is 0 Å². The zero-order valence-corrected chi connectivity index (χ0v) is 37.8. The highest BCUT2D eigenvalue weighted by molar-refractivity contribution is 7.33. The first-order valence-electron chi connectivity index (χ1n) is 20.4. The number of rotatable bonds is 12. The van der Waals surface area contributed by atoms with Gasteiger partial charge in [-0.15, -0.1) is 45.3 Å². The van der Waals surface area contributed by atoms with Crippen LogP contribution in [0, 0.1) is 0 Å². The molecule has 4 heterocycles. The maximum absolute atomic E-state index is 13.1. The second kappa shape index (κ2) is 16.1. The third kappa shape index (κ3) is 7.27. The molecule has 8 rings (SSSR count). The molecule has 2 N–H and O–H groups in total. The molecule has 0 spiro atoms. The minimum atomic E-state index is -1.33. The van der Waals surface area contributed by atoms with E-state index in [4.69, 9.17) is 0 Å². The summed E-state index contributed by atoms with van der Waals surface area (Å²) >= 11 is 6.92. The van der Waals surface area contributed by atoms with E-state index >= 15 is 0 Å². The molecular formula is C52H52O2S4. The summed E-state index contributed by atoms with van der Waals surface area (Å²) in [7, 11) is 0. The van der Waals surface area contributed by atoms with Crippen molar-refractivity contribution in [2.75, 3.05) is 0 Å². The van der Waals surface area contributed by atoms with Gasteiger partial charge in [-0.05, 0) is 103 Å². The lowest BCUT2D eigenvalue weighted by Crippen LogP contribution is -2.29. The lowest BCUT2D eigenvalue weighted by Gasteiger charge is -2.31. The topological polar surface area (TPSA) is 40.5 Å². The van der Waals surface area contributed by atoms with Crippen molar-refractivity contribution in [3.63, 3.8) is 0 Å². The van der Waals surface area contributed by atoms with Crippen LogP contribution < -0.4 is 0 Å². The third-order valence-electron chi connectivity index (χ3n) is 11.7. The molecule has 0 unspecified atom stereocenters. The highest BCUT2D eigenvalue weighted by Crippen LogP contribution is 2.51. The molecule has 0 saturated heterocycles. The van der Waals surface area contributed by atoms with Gasteiger partial charge in [-0.25, -0.2) is 0 Å². The molecule has 0 aliphatic rings. The zero-order valence-electron chi connectivity index (χ0n) is 34.5. The molecule has 58 heavy (non-hydrogen) atoms. The Morgan fingerprint density at radius 2 is 0.638 bits per heavy atom. The molecule has 4 aromatic heterocycles. The van der Waals surface area contributed by atoms with Gasteiger partial charge in [-0.3, -0.25) is 0 Å². The van der Waals surface area contributed by atoms with Gasteiger partial charge in [0.05, 0.1) is 9.75 Å². The normalized spacial score (nSPS) is 12.6. The van der Waals surface area contributed by atoms with E-state index < -0.39 is 11.2 Å². The average Bonchev–Trinajstić information content (AvgIpc) is 4.05. The van der Waals surface area contributed by atoms with Gasteiger partial charge in [0.2, 0.25) is 0 Å². The van der Waals surface area contributed by atoms with Crippen LogP contribution in [-0.4, -0.2) is 10.2 Å². The summed E-state index contributed by atoms with van der Waals surface area (Å²) in [6.45, 7) is 17.6. The monoisotopic (exact) mass is 836 g/mol. The van der Waals surface area contributed by atoms with Crippen LogP contribution in [-0.2, 0) is 11.2 Å². The molecule has 296 valence electrons. The Hall–Kier alpha value is -4.14. The molecule has 0 atom stereocenters. The summed E-state index contributed by atoms with van der Waals surface area (Å²) in [6, 6.07) is 42.9. The predicted molar refractivity (Wildman–Crippen MR) is 253 cm³/mol. The maximum Gasteiger partial charge on any atom is 0.142 e. The van der Waals surface area contributed by atoms with Crippen molar-refractivity contribution < 1.29 is 10.2 Å². The quantitative estimate of drug-likeness (QED) is 0.129. The van der Waals surface area contributed by atoms with Gasteiger partial charge in [0, 0.05) is 30.3 Å². The Bertz CT molecular complexity index is 2310. The van der Waals surface area contributed by atoms with Crippen LogP contribution in [0.1, 0.15) is 135 Å². The van der Waals surface area contributed by atoms with Crippen molar-refractivity contribution >= 4 is 54.7 Å². The highest BCUT2D eigenvalue weighted by Gasteiger charge is 2.39. The molecule has 2 nitrogen and oxygen atoms in total. The fraction of sp³-hybridized carbons (Fsp3) is 0.269. The number of hydrogen-bond acceptors (Lipinski definition) is 6. The van der Waals surface area contributed by atoms with Gasteiger partial charge in [0.25, 0.3) is 0 Å². The smallest absolute Gasteiger partial charge is 0.142 e. The first-order chi connectivity index (χ1) is 27.8. The number of hydrogen-bond donors (Lipinski definition) is 2. The van der Waals surface area contributed by atoms with Gasteiger partial charge in [-0.2, -0.15) is 0 Å². The van der Waals surface area contributed by atoms with Crippen LogP contribution in [0.25, 0.3) is 28.9 Å². The van der Waals surface area contributed by atoms with Gasteiger partial charge < -0.3 is 10.2 Å². The summed E-state index contributed by atoms with van der Waals surface area (Å²) < 4.78 is 2.40. The number of aliphatic hydroxyl groups is 2. The van der Waals surface area contributed by atoms with Crippen molar-refractivity contribution in [3.05, 3.63) is 188 Å².